The van der Waals surface area contributed by atoms with Crippen molar-refractivity contribution >= 4 is 17.9 Å². The molecule has 0 aliphatic carbocycles. The van der Waals surface area contributed by atoms with Crippen LogP contribution in [0.3, 0.4) is 0 Å². The van der Waals surface area contributed by atoms with Crippen LogP contribution in [0.2, 0.25) is 0 Å². The molecule has 2 unspecified atom stereocenters. The van der Waals surface area contributed by atoms with Gasteiger partial charge in [-0.2, -0.15) is 0 Å². The fourth-order valence-electron chi connectivity index (χ4n) is 6.59. The summed E-state index contributed by atoms with van der Waals surface area (Å²) in [6.45, 7) is 4.60. The van der Waals surface area contributed by atoms with Crippen molar-refractivity contribution in [3.05, 3.63) is 60.8 Å². The van der Waals surface area contributed by atoms with Gasteiger partial charge in [0.15, 0.2) is 12.1 Å². The number of carboxylic acid groups (broad SMARTS) is 1. The van der Waals surface area contributed by atoms with E-state index in [1.807, 2.05) is 21.1 Å². The zero-order valence-electron chi connectivity index (χ0n) is 38.0. The first kappa shape index (κ1) is 55.0. The molecule has 0 aromatic heterocycles. The Balaban J connectivity index is 4.28. The number of ether oxygens (including phenoxy) is 3. The third kappa shape index (κ3) is 38.5. The first-order valence-corrected chi connectivity index (χ1v) is 23.3. The molecule has 0 spiro atoms. The number of carbonyl (C=O) groups excluding carboxylic acids is 2. The number of carboxylic acids is 1. The number of hydrogen-bond donors (Lipinski definition) is 1. The molecule has 0 rings (SSSR count). The standard InChI is InChI=1S/C50H87NO7/c1-6-8-10-12-14-16-18-19-20-21-22-23-24-25-26-27-28-29-31-33-35-37-39-41-49(53)58-46(44-56-43-42-47(50(54)55)51(3,4)5)45-57-48(52)40-38-36-34-32-30-17-15-13-11-9-7-2/h8,10,14,16,19-20,22-23,25-26,46-47H,6-7,9,11-13,15,17-18,21,24,27-45H2,1-5H3/p+1/b10-8+,16-14+,20-19+,23-22+,26-25+. The number of unbranched alkanes of at least 4 members (excludes halogenated alkanes) is 17. The topological polar surface area (TPSA) is 99.1 Å². The monoisotopic (exact) mass is 815 g/mol. The van der Waals surface area contributed by atoms with Crippen LogP contribution in [0.4, 0.5) is 0 Å². The molecule has 0 radical (unpaired) electrons. The minimum absolute atomic E-state index is 0.0556. The summed E-state index contributed by atoms with van der Waals surface area (Å²) in [6, 6.07) is -0.617. The minimum Gasteiger partial charge on any atom is -0.477 e. The van der Waals surface area contributed by atoms with Gasteiger partial charge in [0.05, 0.1) is 34.4 Å². The van der Waals surface area contributed by atoms with Crippen LogP contribution in [-0.4, -0.2) is 80.6 Å². The molecule has 0 saturated carbocycles. The van der Waals surface area contributed by atoms with Gasteiger partial charge >= 0.3 is 17.9 Å². The smallest absolute Gasteiger partial charge is 0.362 e. The summed E-state index contributed by atoms with van der Waals surface area (Å²) >= 11 is 0. The van der Waals surface area contributed by atoms with Crippen molar-refractivity contribution in [2.24, 2.45) is 0 Å². The molecule has 8 heteroatoms. The molecular formula is C50H88NO7+. The number of aliphatic carboxylic acids is 1. The van der Waals surface area contributed by atoms with Gasteiger partial charge in [0.1, 0.15) is 6.61 Å². The second-order valence-electron chi connectivity index (χ2n) is 16.6. The van der Waals surface area contributed by atoms with E-state index in [1.165, 1.54) is 70.6 Å². The zero-order chi connectivity index (χ0) is 42.8. The summed E-state index contributed by atoms with van der Waals surface area (Å²) in [5.41, 5.74) is 0. The van der Waals surface area contributed by atoms with Crippen LogP contribution in [0.5, 0.6) is 0 Å². The lowest BCUT2D eigenvalue weighted by Crippen LogP contribution is -2.50. The van der Waals surface area contributed by atoms with Crippen LogP contribution in [-0.2, 0) is 28.6 Å². The van der Waals surface area contributed by atoms with Crippen molar-refractivity contribution in [2.75, 3.05) is 41.0 Å². The molecule has 0 aliphatic rings. The Labute approximate surface area is 356 Å². The Bertz CT molecular complexity index is 1130. The van der Waals surface area contributed by atoms with E-state index in [2.05, 4.69) is 74.6 Å². The fraction of sp³-hybridized carbons (Fsp3) is 0.740. The predicted molar refractivity (Wildman–Crippen MR) is 243 cm³/mol. The number of nitrogens with zero attached hydrogens (tertiary/aromatic N) is 1. The Morgan fingerprint density at radius 2 is 0.966 bits per heavy atom. The van der Waals surface area contributed by atoms with Gasteiger partial charge in [-0.3, -0.25) is 9.59 Å². The van der Waals surface area contributed by atoms with Gasteiger partial charge in [-0.15, -0.1) is 0 Å². The first-order chi connectivity index (χ1) is 28.1. The summed E-state index contributed by atoms with van der Waals surface area (Å²) in [6.07, 6.45) is 49.8. The van der Waals surface area contributed by atoms with Crippen LogP contribution < -0.4 is 0 Å². The summed E-state index contributed by atoms with van der Waals surface area (Å²) < 4.78 is 17.3. The number of carbonyl (C=O) groups is 3. The molecule has 0 aromatic rings. The largest absolute Gasteiger partial charge is 0.477 e. The molecule has 8 nitrogen and oxygen atoms in total. The van der Waals surface area contributed by atoms with E-state index in [0.717, 1.165) is 83.5 Å². The van der Waals surface area contributed by atoms with E-state index in [9.17, 15) is 19.5 Å². The SMILES string of the molecule is CC/C=C/C/C=C/C/C=C/C/C=C/C/C=C/CCCCCCCCCC(=O)OC(COCCC(C(=O)O)[N+](C)(C)C)COC(=O)CCCCCCCCCCCCC. The Hall–Kier alpha value is -2.97. The van der Waals surface area contributed by atoms with Crippen LogP contribution >= 0.6 is 0 Å². The van der Waals surface area contributed by atoms with Crippen molar-refractivity contribution in [2.45, 2.75) is 199 Å². The number of likely N-dealkylation sites (N-methyl/N-ethyl adjacent to an activating group) is 1. The number of esters is 2. The van der Waals surface area contributed by atoms with E-state index in [4.69, 9.17) is 14.2 Å². The van der Waals surface area contributed by atoms with Crippen molar-refractivity contribution in [1.29, 1.82) is 0 Å². The molecule has 0 aromatic carbocycles. The normalized spacial score (nSPS) is 13.5. The summed E-state index contributed by atoms with van der Waals surface area (Å²) in [4.78, 5) is 37.0. The molecule has 1 N–H and O–H groups in total. The van der Waals surface area contributed by atoms with Crippen molar-refractivity contribution in [3.8, 4) is 0 Å². The highest BCUT2D eigenvalue weighted by Gasteiger charge is 2.31. The van der Waals surface area contributed by atoms with E-state index in [-0.39, 0.29) is 36.2 Å². The average Bonchev–Trinajstić information content (AvgIpc) is 3.18. The summed E-state index contributed by atoms with van der Waals surface area (Å²) in [7, 11) is 5.52. The maximum absolute atomic E-state index is 12.7. The first-order valence-electron chi connectivity index (χ1n) is 23.3. The minimum atomic E-state index is -0.878. The second kappa shape index (κ2) is 40.8. The maximum Gasteiger partial charge on any atom is 0.362 e. The number of allylic oxidation sites excluding steroid dienone is 10. The molecule has 0 fully saturated rings. The highest BCUT2D eigenvalue weighted by molar-refractivity contribution is 5.72. The Morgan fingerprint density at radius 1 is 0.534 bits per heavy atom. The molecule has 0 heterocycles. The second-order valence-corrected chi connectivity index (χ2v) is 16.6. The lowest BCUT2D eigenvalue weighted by Gasteiger charge is -2.31. The van der Waals surface area contributed by atoms with Gasteiger partial charge in [0.25, 0.3) is 0 Å². The van der Waals surface area contributed by atoms with E-state index in [1.54, 1.807) is 0 Å². The number of hydrogen-bond acceptors (Lipinski definition) is 6. The molecule has 2 atom stereocenters. The van der Waals surface area contributed by atoms with E-state index >= 15 is 0 Å². The van der Waals surface area contributed by atoms with Gasteiger partial charge in [0, 0.05) is 19.3 Å². The predicted octanol–water partition coefficient (Wildman–Crippen LogP) is 13.0. The van der Waals surface area contributed by atoms with Crippen LogP contribution in [0.15, 0.2) is 60.8 Å². The Kier molecular flexibility index (Phi) is 38.7. The highest BCUT2D eigenvalue weighted by Crippen LogP contribution is 2.14. The van der Waals surface area contributed by atoms with E-state index < -0.39 is 18.1 Å². The molecule has 0 aliphatic heterocycles. The lowest BCUT2D eigenvalue weighted by molar-refractivity contribution is -0.887. The summed E-state index contributed by atoms with van der Waals surface area (Å²) in [5.74, 6) is -1.48. The van der Waals surface area contributed by atoms with Gasteiger partial charge in [-0.25, -0.2) is 4.79 Å². The lowest BCUT2D eigenvalue weighted by atomic mass is 10.1. The average molecular weight is 815 g/mol. The van der Waals surface area contributed by atoms with Crippen molar-refractivity contribution < 1.29 is 38.2 Å². The van der Waals surface area contributed by atoms with Gasteiger partial charge in [0.2, 0.25) is 0 Å². The molecule has 334 valence electrons. The van der Waals surface area contributed by atoms with E-state index in [0.29, 0.717) is 19.3 Å². The van der Waals surface area contributed by atoms with Gasteiger partial charge in [-0.05, 0) is 57.8 Å². The molecular weight excluding hydrogens is 727 g/mol. The summed E-state index contributed by atoms with van der Waals surface area (Å²) in [5, 5.41) is 9.62. The molecule has 0 amide bonds. The third-order valence-electron chi connectivity index (χ3n) is 10.2. The Morgan fingerprint density at radius 3 is 1.43 bits per heavy atom. The van der Waals surface area contributed by atoms with Crippen LogP contribution in [0.1, 0.15) is 187 Å². The molecule has 0 bridgehead atoms. The molecule has 58 heavy (non-hydrogen) atoms. The number of rotatable bonds is 41. The van der Waals surface area contributed by atoms with Crippen molar-refractivity contribution in [1.82, 2.24) is 0 Å². The number of quaternary nitrogens is 1. The van der Waals surface area contributed by atoms with Gasteiger partial charge < -0.3 is 23.8 Å². The van der Waals surface area contributed by atoms with Gasteiger partial charge in [-0.1, -0.05) is 171 Å². The van der Waals surface area contributed by atoms with Crippen molar-refractivity contribution in [3.63, 3.8) is 0 Å². The maximum atomic E-state index is 12.7. The van der Waals surface area contributed by atoms with Crippen LogP contribution in [0, 0.1) is 0 Å². The van der Waals surface area contributed by atoms with Crippen LogP contribution in [0.25, 0.3) is 0 Å². The highest BCUT2D eigenvalue weighted by atomic mass is 16.6. The quantitative estimate of drug-likeness (QED) is 0.0284. The molecule has 0 saturated heterocycles. The zero-order valence-corrected chi connectivity index (χ0v) is 38.0. The third-order valence-corrected chi connectivity index (χ3v) is 10.2. The fourth-order valence-corrected chi connectivity index (χ4v) is 6.59.